The Morgan fingerprint density at radius 1 is 1.27 bits per heavy atom. The first kappa shape index (κ1) is 16.8. The van der Waals surface area contributed by atoms with Gasteiger partial charge in [-0.3, -0.25) is 14.5 Å². The number of fused-ring (bicyclic) bond motifs is 2. The van der Waals surface area contributed by atoms with Crippen LogP contribution in [-0.4, -0.2) is 38.8 Å². The third-order valence-electron chi connectivity index (χ3n) is 5.20. The third kappa shape index (κ3) is 2.70. The van der Waals surface area contributed by atoms with Crippen LogP contribution in [0.25, 0.3) is 10.9 Å². The molecular formula is C19H17ClN2O4. The normalized spacial score (nSPS) is 23.9. The predicted molar refractivity (Wildman–Crippen MR) is 95.4 cm³/mol. The summed E-state index contributed by atoms with van der Waals surface area (Å²) < 4.78 is 0. The van der Waals surface area contributed by atoms with Gasteiger partial charge >= 0.3 is 5.97 Å². The van der Waals surface area contributed by atoms with Crippen LogP contribution in [0.15, 0.2) is 41.4 Å². The van der Waals surface area contributed by atoms with Crippen molar-refractivity contribution in [2.45, 2.75) is 25.3 Å². The first-order valence-electron chi connectivity index (χ1n) is 8.46. The fraction of sp³-hybridized carbons (Fsp3) is 0.316. The van der Waals surface area contributed by atoms with Crippen molar-refractivity contribution in [2.24, 2.45) is 11.8 Å². The maximum atomic E-state index is 12.7. The second kappa shape index (κ2) is 6.29. The van der Waals surface area contributed by atoms with Gasteiger partial charge in [0, 0.05) is 22.7 Å². The minimum Gasteiger partial charge on any atom is -0.480 e. The number of hydrogen-bond acceptors (Lipinski definition) is 3. The molecule has 6 nitrogen and oxygen atoms in total. The van der Waals surface area contributed by atoms with E-state index in [0.717, 1.165) is 15.8 Å². The molecule has 1 aliphatic carbocycles. The van der Waals surface area contributed by atoms with Crippen molar-refractivity contribution in [1.82, 2.24) is 9.88 Å². The Morgan fingerprint density at radius 2 is 2.00 bits per heavy atom. The number of para-hydroxylation sites is 1. The number of nitrogens with one attached hydrogen (secondary N) is 1. The Morgan fingerprint density at radius 3 is 2.73 bits per heavy atom. The molecule has 0 saturated carbocycles. The molecule has 1 saturated heterocycles. The fourth-order valence-electron chi connectivity index (χ4n) is 3.90. The van der Waals surface area contributed by atoms with Crippen LogP contribution < -0.4 is 0 Å². The van der Waals surface area contributed by atoms with E-state index in [1.165, 1.54) is 0 Å². The molecule has 2 aromatic rings. The van der Waals surface area contributed by atoms with Crippen molar-refractivity contribution in [3.8, 4) is 0 Å². The number of allylic oxidation sites excluding steroid dienone is 2. The highest BCUT2D eigenvalue weighted by Crippen LogP contribution is 2.40. The Hall–Kier alpha value is -2.60. The summed E-state index contributed by atoms with van der Waals surface area (Å²) in [5.74, 6) is -3.10. The summed E-state index contributed by atoms with van der Waals surface area (Å²) in [5, 5.41) is 11.2. The lowest BCUT2D eigenvalue weighted by Crippen LogP contribution is -2.46. The van der Waals surface area contributed by atoms with Crippen molar-refractivity contribution in [3.63, 3.8) is 0 Å². The number of carbonyl (C=O) groups is 3. The Labute approximate surface area is 154 Å². The van der Waals surface area contributed by atoms with Crippen LogP contribution in [0, 0.1) is 11.8 Å². The number of H-pyrrole nitrogens is 1. The van der Waals surface area contributed by atoms with Crippen molar-refractivity contribution in [2.75, 3.05) is 0 Å². The average molecular weight is 373 g/mol. The van der Waals surface area contributed by atoms with Crippen molar-refractivity contribution < 1.29 is 19.5 Å². The first-order chi connectivity index (χ1) is 12.5. The second-order valence-corrected chi connectivity index (χ2v) is 7.28. The molecule has 0 radical (unpaired) electrons. The lowest BCUT2D eigenvalue weighted by molar-refractivity contribution is -0.155. The number of aromatic nitrogens is 1. The van der Waals surface area contributed by atoms with Crippen LogP contribution in [0.2, 0.25) is 0 Å². The van der Waals surface area contributed by atoms with Gasteiger partial charge in [0.05, 0.1) is 11.8 Å². The first-order valence-corrected chi connectivity index (χ1v) is 8.84. The number of aliphatic carboxylic acids is 1. The van der Waals surface area contributed by atoms with Crippen molar-refractivity contribution in [3.05, 3.63) is 47.1 Å². The highest BCUT2D eigenvalue weighted by atomic mass is 35.5. The summed E-state index contributed by atoms with van der Waals surface area (Å²) >= 11 is 6.02. The number of hydrogen-bond donors (Lipinski definition) is 2. The summed E-state index contributed by atoms with van der Waals surface area (Å²) in [6, 6.07) is 8.20. The number of nitrogens with zero attached hydrogens (tertiary/aromatic N) is 1. The average Bonchev–Trinajstić information content (AvgIpc) is 3.12. The van der Waals surface area contributed by atoms with Gasteiger partial charge in [0.25, 0.3) is 0 Å². The minimum absolute atomic E-state index is 0.0437. The molecule has 1 aliphatic heterocycles. The summed E-state index contributed by atoms with van der Waals surface area (Å²) in [6.07, 6.45) is 2.46. The summed E-state index contributed by atoms with van der Waals surface area (Å²) in [5.41, 5.74) is 1.56. The lowest BCUT2D eigenvalue weighted by Gasteiger charge is -2.22. The number of carbonyl (C=O) groups excluding carboxylic acids is 2. The van der Waals surface area contributed by atoms with E-state index in [4.69, 9.17) is 11.6 Å². The molecule has 1 aromatic heterocycles. The zero-order valence-electron chi connectivity index (χ0n) is 13.8. The van der Waals surface area contributed by atoms with E-state index >= 15 is 0 Å². The van der Waals surface area contributed by atoms with Gasteiger partial charge in [0.2, 0.25) is 11.8 Å². The molecular weight excluding hydrogens is 356 g/mol. The van der Waals surface area contributed by atoms with Gasteiger partial charge in [-0.2, -0.15) is 0 Å². The number of amides is 2. The van der Waals surface area contributed by atoms with E-state index in [9.17, 15) is 19.5 Å². The van der Waals surface area contributed by atoms with Crippen LogP contribution in [0.4, 0.5) is 0 Å². The molecule has 1 aromatic carbocycles. The molecule has 3 atom stereocenters. The van der Waals surface area contributed by atoms with Crippen LogP contribution in [0.1, 0.15) is 18.5 Å². The van der Waals surface area contributed by atoms with E-state index in [1.54, 1.807) is 6.08 Å². The van der Waals surface area contributed by atoms with Crippen LogP contribution in [0.5, 0.6) is 0 Å². The van der Waals surface area contributed by atoms with Crippen molar-refractivity contribution in [1.29, 1.82) is 0 Å². The number of aromatic amines is 1. The molecule has 0 bridgehead atoms. The van der Waals surface area contributed by atoms with Gasteiger partial charge in [-0.25, -0.2) is 4.79 Å². The largest absolute Gasteiger partial charge is 0.480 e. The molecule has 0 unspecified atom stereocenters. The molecule has 2 aliphatic rings. The number of likely N-dealkylation sites (tertiary alicyclic amines) is 1. The number of benzene rings is 1. The molecule has 4 rings (SSSR count). The molecule has 2 amide bonds. The number of carboxylic acid groups (broad SMARTS) is 1. The monoisotopic (exact) mass is 372 g/mol. The molecule has 26 heavy (non-hydrogen) atoms. The van der Waals surface area contributed by atoms with Crippen molar-refractivity contribution >= 4 is 40.3 Å². The number of carboxylic acids is 1. The van der Waals surface area contributed by atoms with E-state index < -0.39 is 35.7 Å². The van der Waals surface area contributed by atoms with Gasteiger partial charge in [0.15, 0.2) is 0 Å². The Bertz CT molecular complexity index is 915. The maximum Gasteiger partial charge on any atom is 0.327 e. The zero-order valence-corrected chi connectivity index (χ0v) is 14.6. The molecule has 134 valence electrons. The zero-order chi connectivity index (χ0) is 18.4. The molecule has 2 heterocycles. The quantitative estimate of drug-likeness (QED) is 0.807. The van der Waals surface area contributed by atoms with Gasteiger partial charge in [-0.15, -0.1) is 0 Å². The SMILES string of the molecule is O=C(O)[C@@H](Cc1cc2ccccc2[nH]1)N1C(=O)[C@H]2CC(Cl)=CC[C@H]2C1=O. The van der Waals surface area contributed by atoms with Gasteiger partial charge in [-0.1, -0.05) is 35.9 Å². The maximum absolute atomic E-state index is 12.7. The minimum atomic E-state index is -1.23. The van der Waals surface area contributed by atoms with Crippen LogP contribution in [-0.2, 0) is 20.8 Å². The van der Waals surface area contributed by atoms with E-state index in [0.29, 0.717) is 23.6 Å². The number of halogens is 1. The van der Waals surface area contributed by atoms with E-state index in [-0.39, 0.29) is 6.42 Å². The highest BCUT2D eigenvalue weighted by Gasteiger charge is 2.52. The summed E-state index contributed by atoms with van der Waals surface area (Å²) in [6.45, 7) is 0. The summed E-state index contributed by atoms with van der Waals surface area (Å²) in [7, 11) is 0. The van der Waals surface area contributed by atoms with Gasteiger partial charge < -0.3 is 10.1 Å². The van der Waals surface area contributed by atoms with Gasteiger partial charge in [0.1, 0.15) is 6.04 Å². The van der Waals surface area contributed by atoms with E-state index in [2.05, 4.69) is 4.98 Å². The molecule has 0 spiro atoms. The van der Waals surface area contributed by atoms with E-state index in [1.807, 2.05) is 30.3 Å². The summed E-state index contributed by atoms with van der Waals surface area (Å²) in [4.78, 5) is 41.4. The van der Waals surface area contributed by atoms with Gasteiger partial charge in [-0.05, 0) is 30.4 Å². The fourth-order valence-corrected chi connectivity index (χ4v) is 4.16. The highest BCUT2D eigenvalue weighted by molar-refractivity contribution is 6.30. The lowest BCUT2D eigenvalue weighted by atomic mass is 9.85. The topological polar surface area (TPSA) is 90.5 Å². The standard InChI is InChI=1S/C19H17ClN2O4/c20-11-5-6-13-14(8-11)18(24)22(17(13)23)16(19(25)26)9-12-7-10-3-1-2-4-15(10)21-12/h1-5,7,13-14,16,21H,6,8-9H2,(H,25,26)/t13-,14+,16-/m1/s1. The smallest absolute Gasteiger partial charge is 0.327 e. The van der Waals surface area contributed by atoms with Crippen LogP contribution >= 0.6 is 11.6 Å². The Kier molecular flexibility index (Phi) is 4.07. The predicted octanol–water partition coefficient (Wildman–Crippen LogP) is 2.68. The number of rotatable bonds is 4. The molecule has 1 fully saturated rings. The molecule has 2 N–H and O–H groups in total. The second-order valence-electron chi connectivity index (χ2n) is 6.79. The van der Waals surface area contributed by atoms with Crippen LogP contribution in [0.3, 0.4) is 0 Å². The third-order valence-corrected chi connectivity index (χ3v) is 5.51. The number of imide groups is 1. The Balaban J connectivity index is 1.63. The molecule has 7 heteroatoms.